The number of rotatable bonds is 5. The summed E-state index contributed by atoms with van der Waals surface area (Å²) in [5.74, 6) is 1.99. The molecule has 0 atom stereocenters. The van der Waals surface area contributed by atoms with E-state index in [4.69, 9.17) is 0 Å². The second-order valence-corrected chi connectivity index (χ2v) is 8.80. The van der Waals surface area contributed by atoms with Crippen molar-refractivity contribution in [1.82, 2.24) is 15.3 Å². The monoisotopic (exact) mass is 385 g/mol. The molecule has 154 valence electrons. The van der Waals surface area contributed by atoms with Crippen LogP contribution in [0.2, 0.25) is 0 Å². The summed E-state index contributed by atoms with van der Waals surface area (Å²) in [5.41, 5.74) is 1.09. The number of anilines is 2. The maximum absolute atomic E-state index is 12.5. The fraction of sp³-hybridized carbons (Fsp3) is 0.773. The molecule has 2 aliphatic heterocycles. The van der Waals surface area contributed by atoms with Crippen molar-refractivity contribution in [3.63, 3.8) is 0 Å². The Hall–Kier alpha value is -1.85. The molecule has 3 aliphatic rings. The lowest BCUT2D eigenvalue weighted by molar-refractivity contribution is -0.125. The molecule has 1 aromatic heterocycles. The van der Waals surface area contributed by atoms with Gasteiger partial charge < -0.3 is 15.1 Å². The molecule has 4 rings (SSSR count). The van der Waals surface area contributed by atoms with Crippen molar-refractivity contribution in [2.24, 2.45) is 11.8 Å². The van der Waals surface area contributed by atoms with Crippen LogP contribution >= 0.6 is 0 Å². The lowest BCUT2D eigenvalue weighted by atomic mass is 9.89. The van der Waals surface area contributed by atoms with Gasteiger partial charge in [0.15, 0.2) is 0 Å². The molecule has 28 heavy (non-hydrogen) atoms. The minimum Gasteiger partial charge on any atom is -0.369 e. The van der Waals surface area contributed by atoms with Crippen LogP contribution in [0.15, 0.2) is 12.4 Å². The molecule has 3 fully saturated rings. The van der Waals surface area contributed by atoms with Crippen LogP contribution in [0.5, 0.6) is 0 Å². The second kappa shape index (κ2) is 9.57. The van der Waals surface area contributed by atoms with E-state index in [1.54, 1.807) is 0 Å². The lowest BCUT2D eigenvalue weighted by Gasteiger charge is -2.33. The standard InChI is InChI=1S/C22H35N5O/c28-21(23-15-18-7-3-1-4-8-18)19-9-13-26(14-10-19)20-16-24-22(25-17-20)27-11-5-2-6-12-27/h16-19H,1-15H2,(H,23,28). The van der Waals surface area contributed by atoms with Gasteiger partial charge in [-0.1, -0.05) is 19.3 Å². The van der Waals surface area contributed by atoms with Gasteiger partial charge in [-0.2, -0.15) is 0 Å². The SMILES string of the molecule is O=C(NCC1CCCCC1)C1CCN(c2cnc(N3CCCCC3)nc2)CC1. The highest BCUT2D eigenvalue weighted by atomic mass is 16.1. The molecule has 1 amide bonds. The van der Waals surface area contributed by atoms with Gasteiger partial charge in [0.05, 0.1) is 18.1 Å². The molecule has 3 heterocycles. The van der Waals surface area contributed by atoms with Crippen molar-refractivity contribution in [2.75, 3.05) is 42.5 Å². The van der Waals surface area contributed by atoms with Crippen LogP contribution in [0.3, 0.4) is 0 Å². The van der Waals surface area contributed by atoms with Crippen molar-refractivity contribution in [3.8, 4) is 0 Å². The zero-order valence-electron chi connectivity index (χ0n) is 17.1. The first-order valence-electron chi connectivity index (χ1n) is 11.4. The average molecular weight is 386 g/mol. The smallest absolute Gasteiger partial charge is 0.225 e. The van der Waals surface area contributed by atoms with Gasteiger partial charge in [0.2, 0.25) is 11.9 Å². The van der Waals surface area contributed by atoms with Gasteiger partial charge >= 0.3 is 0 Å². The van der Waals surface area contributed by atoms with E-state index >= 15 is 0 Å². The third-order valence-corrected chi connectivity index (χ3v) is 6.78. The Labute approximate surface area is 169 Å². The molecule has 0 aromatic carbocycles. The molecule has 0 spiro atoms. The number of carbonyl (C=O) groups is 1. The fourth-order valence-electron chi connectivity index (χ4n) is 4.92. The predicted octanol–water partition coefficient (Wildman–Crippen LogP) is 3.38. The Morgan fingerprint density at radius 3 is 2.18 bits per heavy atom. The van der Waals surface area contributed by atoms with E-state index < -0.39 is 0 Å². The van der Waals surface area contributed by atoms with E-state index in [1.165, 1.54) is 51.4 Å². The van der Waals surface area contributed by atoms with Crippen LogP contribution in [0.25, 0.3) is 0 Å². The number of nitrogens with zero attached hydrogens (tertiary/aromatic N) is 4. The van der Waals surface area contributed by atoms with Crippen molar-refractivity contribution < 1.29 is 4.79 Å². The van der Waals surface area contributed by atoms with Crippen LogP contribution in [0, 0.1) is 11.8 Å². The summed E-state index contributed by atoms with van der Waals surface area (Å²) in [7, 11) is 0. The van der Waals surface area contributed by atoms with Crippen molar-refractivity contribution in [2.45, 2.75) is 64.2 Å². The Kier molecular flexibility index (Phi) is 6.65. The first kappa shape index (κ1) is 19.5. The molecular weight excluding hydrogens is 350 g/mol. The van der Waals surface area contributed by atoms with Gasteiger partial charge in [0, 0.05) is 38.6 Å². The van der Waals surface area contributed by atoms with Gasteiger partial charge in [-0.15, -0.1) is 0 Å². The third-order valence-electron chi connectivity index (χ3n) is 6.78. The number of nitrogens with one attached hydrogen (secondary N) is 1. The summed E-state index contributed by atoms with van der Waals surface area (Å²) >= 11 is 0. The second-order valence-electron chi connectivity index (χ2n) is 8.80. The highest BCUT2D eigenvalue weighted by Crippen LogP contribution is 2.25. The van der Waals surface area contributed by atoms with Crippen LogP contribution in [0.1, 0.15) is 64.2 Å². The normalized spacial score (nSPS) is 22.3. The minimum atomic E-state index is 0.161. The molecule has 0 radical (unpaired) electrons. The molecule has 0 bridgehead atoms. The van der Waals surface area contributed by atoms with E-state index in [0.29, 0.717) is 5.92 Å². The number of piperidine rings is 2. The molecule has 6 heteroatoms. The predicted molar refractivity (Wildman–Crippen MR) is 113 cm³/mol. The number of amides is 1. The molecule has 6 nitrogen and oxygen atoms in total. The summed E-state index contributed by atoms with van der Waals surface area (Å²) in [6, 6.07) is 0. The number of hydrogen-bond acceptors (Lipinski definition) is 5. The Bertz CT molecular complexity index is 614. The van der Waals surface area contributed by atoms with Crippen molar-refractivity contribution in [1.29, 1.82) is 0 Å². The Morgan fingerprint density at radius 1 is 0.857 bits per heavy atom. The zero-order chi connectivity index (χ0) is 19.2. The Balaban J connectivity index is 1.22. The molecule has 1 aliphatic carbocycles. The van der Waals surface area contributed by atoms with Crippen LogP contribution in [0.4, 0.5) is 11.6 Å². The molecule has 0 unspecified atom stereocenters. The maximum atomic E-state index is 12.5. The first-order valence-corrected chi connectivity index (χ1v) is 11.4. The van der Waals surface area contributed by atoms with Crippen LogP contribution in [-0.2, 0) is 4.79 Å². The summed E-state index contributed by atoms with van der Waals surface area (Å²) in [6.07, 6.45) is 16.1. The number of aromatic nitrogens is 2. The van der Waals surface area contributed by atoms with Gasteiger partial charge in [0.1, 0.15) is 0 Å². The molecule has 1 N–H and O–H groups in total. The maximum Gasteiger partial charge on any atom is 0.225 e. The first-order chi connectivity index (χ1) is 13.8. The highest BCUT2D eigenvalue weighted by Gasteiger charge is 2.26. The van der Waals surface area contributed by atoms with Crippen molar-refractivity contribution >= 4 is 17.5 Å². The summed E-state index contributed by atoms with van der Waals surface area (Å²) < 4.78 is 0. The Morgan fingerprint density at radius 2 is 1.50 bits per heavy atom. The van der Waals surface area contributed by atoms with Crippen molar-refractivity contribution in [3.05, 3.63) is 12.4 Å². The molecule has 2 saturated heterocycles. The van der Waals surface area contributed by atoms with E-state index in [9.17, 15) is 4.79 Å². The summed E-state index contributed by atoms with van der Waals surface area (Å²) in [4.78, 5) is 26.4. The summed E-state index contributed by atoms with van der Waals surface area (Å²) in [5, 5.41) is 3.23. The topological polar surface area (TPSA) is 61.4 Å². The third kappa shape index (κ3) is 4.95. The van der Waals surface area contributed by atoms with E-state index in [1.807, 2.05) is 12.4 Å². The molecule has 1 aromatic rings. The van der Waals surface area contributed by atoms with Gasteiger partial charge in [-0.25, -0.2) is 9.97 Å². The summed E-state index contributed by atoms with van der Waals surface area (Å²) in [6.45, 7) is 4.84. The minimum absolute atomic E-state index is 0.161. The lowest BCUT2D eigenvalue weighted by Crippen LogP contribution is -2.42. The zero-order valence-corrected chi connectivity index (χ0v) is 17.1. The quantitative estimate of drug-likeness (QED) is 0.842. The van der Waals surface area contributed by atoms with Crippen LogP contribution in [-0.4, -0.2) is 48.6 Å². The largest absolute Gasteiger partial charge is 0.369 e. The average Bonchev–Trinajstić information content (AvgIpc) is 2.79. The highest BCUT2D eigenvalue weighted by molar-refractivity contribution is 5.79. The number of carbonyl (C=O) groups excluding carboxylic acids is 1. The molecular formula is C22H35N5O. The molecule has 1 saturated carbocycles. The van der Waals surface area contributed by atoms with Gasteiger partial charge in [0.25, 0.3) is 0 Å². The van der Waals surface area contributed by atoms with Crippen LogP contribution < -0.4 is 15.1 Å². The fourth-order valence-corrected chi connectivity index (χ4v) is 4.92. The van der Waals surface area contributed by atoms with Gasteiger partial charge in [-0.05, 0) is 50.9 Å². The number of hydrogen-bond donors (Lipinski definition) is 1. The van der Waals surface area contributed by atoms with E-state index in [2.05, 4.69) is 25.1 Å². The van der Waals surface area contributed by atoms with E-state index in [0.717, 1.165) is 57.2 Å². The van der Waals surface area contributed by atoms with E-state index in [-0.39, 0.29) is 11.8 Å². The van der Waals surface area contributed by atoms with Gasteiger partial charge in [-0.3, -0.25) is 4.79 Å².